The molecule has 0 aliphatic carbocycles. The van der Waals surface area contributed by atoms with Crippen molar-refractivity contribution < 1.29 is 4.79 Å². The number of amides is 1. The number of hydrogen-bond donors (Lipinski definition) is 1. The highest BCUT2D eigenvalue weighted by atomic mass is 16.1. The molecule has 1 N–H and O–H groups in total. The summed E-state index contributed by atoms with van der Waals surface area (Å²) in [6.45, 7) is 9.69. The van der Waals surface area contributed by atoms with Crippen LogP contribution in [-0.4, -0.2) is 11.9 Å². The number of hydrogen-bond acceptors (Lipinski definition) is 2. The van der Waals surface area contributed by atoms with Crippen LogP contribution in [0.15, 0.2) is 12.1 Å². The molecule has 0 aliphatic heterocycles. The van der Waals surface area contributed by atoms with Gasteiger partial charge in [0.25, 0.3) is 5.91 Å². The van der Waals surface area contributed by atoms with E-state index < -0.39 is 6.04 Å². The lowest BCUT2D eigenvalue weighted by Gasteiger charge is -2.17. The topological polar surface area (TPSA) is 52.9 Å². The molecule has 3 heteroatoms. The molecule has 18 heavy (non-hydrogen) atoms. The van der Waals surface area contributed by atoms with Crippen molar-refractivity contribution in [3.63, 3.8) is 0 Å². The lowest BCUT2D eigenvalue weighted by molar-refractivity contribution is 0.0936. The van der Waals surface area contributed by atoms with Gasteiger partial charge in [0, 0.05) is 5.56 Å². The van der Waals surface area contributed by atoms with Crippen molar-refractivity contribution in [3.8, 4) is 6.07 Å². The number of nitrogens with one attached hydrogen (secondary N) is 1. The second-order valence-electron chi connectivity index (χ2n) is 5.10. The van der Waals surface area contributed by atoms with Crippen LogP contribution in [0.4, 0.5) is 0 Å². The number of aryl methyl sites for hydroxylation is 3. The van der Waals surface area contributed by atoms with Crippen LogP contribution in [0.1, 0.15) is 40.9 Å². The first-order valence-electron chi connectivity index (χ1n) is 6.15. The molecular weight excluding hydrogens is 224 g/mol. The van der Waals surface area contributed by atoms with Gasteiger partial charge in [-0.25, -0.2) is 0 Å². The molecule has 1 rings (SSSR count). The summed E-state index contributed by atoms with van der Waals surface area (Å²) in [4.78, 5) is 12.2. The van der Waals surface area contributed by atoms with E-state index in [4.69, 9.17) is 5.26 Å². The highest BCUT2D eigenvalue weighted by Crippen LogP contribution is 2.16. The highest BCUT2D eigenvalue weighted by molar-refractivity contribution is 5.97. The second kappa shape index (κ2) is 5.68. The van der Waals surface area contributed by atoms with Gasteiger partial charge < -0.3 is 5.32 Å². The summed E-state index contributed by atoms with van der Waals surface area (Å²) in [6, 6.07) is 5.64. The Morgan fingerprint density at radius 1 is 1.22 bits per heavy atom. The van der Waals surface area contributed by atoms with E-state index in [9.17, 15) is 4.79 Å². The Hall–Kier alpha value is -1.82. The van der Waals surface area contributed by atoms with Crippen molar-refractivity contribution >= 4 is 5.91 Å². The van der Waals surface area contributed by atoms with Crippen molar-refractivity contribution in [2.24, 2.45) is 5.92 Å². The van der Waals surface area contributed by atoms with Crippen LogP contribution in [0.2, 0.25) is 0 Å². The van der Waals surface area contributed by atoms with Crippen LogP contribution < -0.4 is 5.32 Å². The van der Waals surface area contributed by atoms with Gasteiger partial charge in [0.05, 0.1) is 6.07 Å². The fourth-order valence-electron chi connectivity index (χ4n) is 2.10. The Kier molecular flexibility index (Phi) is 4.49. The molecule has 1 unspecified atom stereocenters. The molecule has 0 saturated heterocycles. The molecule has 0 spiro atoms. The van der Waals surface area contributed by atoms with Crippen molar-refractivity contribution in [2.75, 3.05) is 0 Å². The summed E-state index contributed by atoms with van der Waals surface area (Å²) in [6.07, 6.45) is 0. The standard InChI is InChI=1S/C15H20N2O/c1-9(2)13(8-16)17-15(18)14-11(4)6-10(3)7-12(14)5/h6-7,9,13H,1-5H3,(H,17,18). The molecule has 0 aromatic heterocycles. The normalized spacial score (nSPS) is 12.1. The van der Waals surface area contributed by atoms with Crippen molar-refractivity contribution in [1.82, 2.24) is 5.32 Å². The quantitative estimate of drug-likeness (QED) is 0.888. The van der Waals surface area contributed by atoms with E-state index in [2.05, 4.69) is 11.4 Å². The number of nitriles is 1. The summed E-state index contributed by atoms with van der Waals surface area (Å²) < 4.78 is 0. The summed E-state index contributed by atoms with van der Waals surface area (Å²) in [5.41, 5.74) is 3.72. The summed E-state index contributed by atoms with van der Waals surface area (Å²) in [7, 11) is 0. The maximum absolute atomic E-state index is 12.2. The zero-order valence-electron chi connectivity index (χ0n) is 11.7. The Labute approximate surface area is 109 Å². The molecule has 0 fully saturated rings. The predicted octanol–water partition coefficient (Wildman–Crippen LogP) is 2.89. The van der Waals surface area contributed by atoms with Crippen LogP contribution in [-0.2, 0) is 0 Å². The van der Waals surface area contributed by atoms with Gasteiger partial charge >= 0.3 is 0 Å². The van der Waals surface area contributed by atoms with E-state index in [-0.39, 0.29) is 11.8 Å². The lowest BCUT2D eigenvalue weighted by atomic mass is 9.98. The number of benzene rings is 1. The SMILES string of the molecule is Cc1cc(C)c(C(=O)NC(C#N)C(C)C)c(C)c1. The third kappa shape index (κ3) is 3.10. The predicted molar refractivity (Wildman–Crippen MR) is 72.4 cm³/mol. The van der Waals surface area contributed by atoms with Crippen molar-refractivity contribution in [3.05, 3.63) is 34.4 Å². The molecule has 0 heterocycles. The number of rotatable bonds is 3. The average molecular weight is 244 g/mol. The van der Waals surface area contributed by atoms with Crippen LogP contribution in [0.5, 0.6) is 0 Å². The minimum Gasteiger partial charge on any atom is -0.336 e. The Morgan fingerprint density at radius 3 is 2.11 bits per heavy atom. The largest absolute Gasteiger partial charge is 0.336 e. The Balaban J connectivity index is 3.02. The molecule has 96 valence electrons. The smallest absolute Gasteiger partial charge is 0.252 e. The zero-order valence-corrected chi connectivity index (χ0v) is 11.7. The van der Waals surface area contributed by atoms with E-state index in [1.54, 1.807) is 0 Å². The van der Waals surface area contributed by atoms with E-state index >= 15 is 0 Å². The van der Waals surface area contributed by atoms with Crippen LogP contribution in [0, 0.1) is 38.0 Å². The molecule has 0 radical (unpaired) electrons. The third-order valence-corrected chi connectivity index (χ3v) is 3.00. The molecule has 0 bridgehead atoms. The minimum atomic E-state index is -0.447. The van der Waals surface area contributed by atoms with Crippen LogP contribution in [0.3, 0.4) is 0 Å². The minimum absolute atomic E-state index is 0.102. The molecule has 1 aromatic rings. The Bertz CT molecular complexity index is 475. The van der Waals surface area contributed by atoms with Crippen molar-refractivity contribution in [2.45, 2.75) is 40.7 Å². The average Bonchev–Trinajstić information content (AvgIpc) is 2.23. The van der Waals surface area contributed by atoms with Gasteiger partial charge in [-0.1, -0.05) is 31.5 Å². The fraction of sp³-hybridized carbons (Fsp3) is 0.467. The van der Waals surface area contributed by atoms with E-state index in [0.717, 1.165) is 16.7 Å². The Morgan fingerprint density at radius 2 is 1.72 bits per heavy atom. The second-order valence-corrected chi connectivity index (χ2v) is 5.10. The van der Waals surface area contributed by atoms with Gasteiger partial charge in [0.2, 0.25) is 0 Å². The monoisotopic (exact) mass is 244 g/mol. The van der Waals surface area contributed by atoms with Gasteiger partial charge in [-0.2, -0.15) is 5.26 Å². The molecular formula is C15H20N2O. The van der Waals surface area contributed by atoms with E-state index in [0.29, 0.717) is 5.56 Å². The maximum atomic E-state index is 12.2. The third-order valence-electron chi connectivity index (χ3n) is 3.00. The maximum Gasteiger partial charge on any atom is 0.252 e. The lowest BCUT2D eigenvalue weighted by Crippen LogP contribution is -2.38. The van der Waals surface area contributed by atoms with Gasteiger partial charge in [-0.15, -0.1) is 0 Å². The van der Waals surface area contributed by atoms with Gasteiger partial charge in [-0.05, 0) is 37.8 Å². The molecule has 1 aromatic carbocycles. The molecule has 0 saturated carbocycles. The number of carbonyl (C=O) groups excluding carboxylic acids is 1. The number of carbonyl (C=O) groups is 1. The van der Waals surface area contributed by atoms with E-state index in [1.165, 1.54) is 0 Å². The highest BCUT2D eigenvalue weighted by Gasteiger charge is 2.19. The first-order valence-corrected chi connectivity index (χ1v) is 6.15. The first kappa shape index (κ1) is 14.2. The van der Waals surface area contributed by atoms with Gasteiger partial charge in [-0.3, -0.25) is 4.79 Å². The van der Waals surface area contributed by atoms with Crippen LogP contribution in [0.25, 0.3) is 0 Å². The zero-order chi connectivity index (χ0) is 13.9. The number of nitrogens with zero attached hydrogens (tertiary/aromatic N) is 1. The first-order chi connectivity index (χ1) is 8.36. The van der Waals surface area contributed by atoms with Crippen molar-refractivity contribution in [1.29, 1.82) is 5.26 Å². The molecule has 0 aliphatic rings. The molecule has 3 nitrogen and oxygen atoms in total. The molecule has 1 atom stereocenters. The summed E-state index contributed by atoms with van der Waals surface area (Å²) in [5.74, 6) is -0.0599. The summed E-state index contributed by atoms with van der Waals surface area (Å²) in [5, 5.41) is 11.8. The summed E-state index contributed by atoms with van der Waals surface area (Å²) >= 11 is 0. The van der Waals surface area contributed by atoms with E-state index in [1.807, 2.05) is 46.8 Å². The molecule has 1 amide bonds. The fourth-order valence-corrected chi connectivity index (χ4v) is 2.10. The van der Waals surface area contributed by atoms with Gasteiger partial charge in [0.1, 0.15) is 6.04 Å². The van der Waals surface area contributed by atoms with Gasteiger partial charge in [0.15, 0.2) is 0 Å². The van der Waals surface area contributed by atoms with Crippen LogP contribution >= 0.6 is 0 Å².